The third kappa shape index (κ3) is 6.21. The summed E-state index contributed by atoms with van der Waals surface area (Å²) < 4.78 is 0. The third-order valence-corrected chi connectivity index (χ3v) is 3.60. The molecule has 2 aromatic rings. The normalized spacial score (nSPS) is 10.2. The molecular weight excluding hydrogens is 272 g/mol. The van der Waals surface area contributed by atoms with Gasteiger partial charge in [0.15, 0.2) is 0 Å². The van der Waals surface area contributed by atoms with E-state index in [1.165, 1.54) is 19.3 Å². The Hall–Kier alpha value is -1.96. The lowest BCUT2D eigenvalue weighted by atomic mass is 10.0. The SMILES string of the molecule is CC(C)c1ccccc1O.CCCCCc1ccccc1O. The van der Waals surface area contributed by atoms with Gasteiger partial charge in [0.1, 0.15) is 11.5 Å². The van der Waals surface area contributed by atoms with Gasteiger partial charge in [-0.1, -0.05) is 70.0 Å². The number of phenols is 2. The molecule has 2 aromatic carbocycles. The number of aromatic hydroxyl groups is 2. The van der Waals surface area contributed by atoms with Crippen molar-refractivity contribution in [2.24, 2.45) is 0 Å². The van der Waals surface area contributed by atoms with E-state index in [0.717, 1.165) is 17.5 Å². The highest BCUT2D eigenvalue weighted by Crippen LogP contribution is 2.23. The van der Waals surface area contributed by atoms with Crippen LogP contribution >= 0.6 is 0 Å². The van der Waals surface area contributed by atoms with E-state index in [0.29, 0.717) is 17.4 Å². The zero-order valence-corrected chi connectivity index (χ0v) is 13.9. The number of hydrogen-bond acceptors (Lipinski definition) is 2. The van der Waals surface area contributed by atoms with Gasteiger partial charge in [-0.3, -0.25) is 0 Å². The van der Waals surface area contributed by atoms with E-state index in [4.69, 9.17) is 0 Å². The first-order valence-corrected chi connectivity index (χ1v) is 8.11. The van der Waals surface area contributed by atoms with E-state index in [1.807, 2.05) is 36.4 Å². The predicted octanol–water partition coefficient (Wildman–Crippen LogP) is 5.64. The van der Waals surface area contributed by atoms with Crippen LogP contribution in [-0.4, -0.2) is 10.2 Å². The molecule has 0 bridgehead atoms. The first-order valence-electron chi connectivity index (χ1n) is 8.11. The summed E-state index contributed by atoms with van der Waals surface area (Å²) in [6, 6.07) is 15.0. The van der Waals surface area contributed by atoms with Gasteiger partial charge < -0.3 is 10.2 Å². The molecule has 0 unspecified atom stereocenters. The maximum absolute atomic E-state index is 9.41. The lowest BCUT2D eigenvalue weighted by Crippen LogP contribution is -1.85. The molecule has 2 nitrogen and oxygen atoms in total. The molecular formula is C20H28O2. The van der Waals surface area contributed by atoms with Crippen LogP contribution in [0.15, 0.2) is 48.5 Å². The smallest absolute Gasteiger partial charge is 0.119 e. The summed E-state index contributed by atoms with van der Waals surface area (Å²) in [4.78, 5) is 0. The molecule has 0 spiro atoms. The summed E-state index contributed by atoms with van der Waals surface area (Å²) in [5.74, 6) is 1.24. The fourth-order valence-electron chi connectivity index (χ4n) is 2.26. The molecule has 0 saturated carbocycles. The summed E-state index contributed by atoms with van der Waals surface area (Å²) in [6.07, 6.45) is 4.65. The summed E-state index contributed by atoms with van der Waals surface area (Å²) in [6.45, 7) is 6.31. The van der Waals surface area contributed by atoms with Gasteiger partial charge in [-0.2, -0.15) is 0 Å². The predicted molar refractivity (Wildman–Crippen MR) is 93.5 cm³/mol. The first kappa shape index (κ1) is 18.1. The maximum Gasteiger partial charge on any atom is 0.119 e. The van der Waals surface area contributed by atoms with E-state index < -0.39 is 0 Å². The van der Waals surface area contributed by atoms with Crippen LogP contribution in [0.4, 0.5) is 0 Å². The average Bonchev–Trinajstić information content (AvgIpc) is 2.50. The van der Waals surface area contributed by atoms with Gasteiger partial charge >= 0.3 is 0 Å². The highest BCUT2D eigenvalue weighted by molar-refractivity contribution is 5.34. The second kappa shape index (κ2) is 9.88. The highest BCUT2D eigenvalue weighted by Gasteiger charge is 2.02. The Balaban J connectivity index is 0.000000224. The van der Waals surface area contributed by atoms with Crippen molar-refractivity contribution in [3.8, 4) is 11.5 Å². The molecule has 0 atom stereocenters. The van der Waals surface area contributed by atoms with Crippen molar-refractivity contribution in [3.05, 3.63) is 59.7 Å². The van der Waals surface area contributed by atoms with Gasteiger partial charge in [0.2, 0.25) is 0 Å². The number of para-hydroxylation sites is 2. The number of phenolic OH excluding ortho intramolecular Hbond substituents is 2. The maximum atomic E-state index is 9.41. The van der Waals surface area contributed by atoms with Gasteiger partial charge in [-0.05, 0) is 42.0 Å². The van der Waals surface area contributed by atoms with E-state index in [9.17, 15) is 10.2 Å². The molecule has 2 N–H and O–H groups in total. The van der Waals surface area contributed by atoms with E-state index in [-0.39, 0.29) is 0 Å². The summed E-state index contributed by atoms with van der Waals surface area (Å²) >= 11 is 0. The van der Waals surface area contributed by atoms with Crippen LogP contribution in [0.5, 0.6) is 11.5 Å². The summed E-state index contributed by atoms with van der Waals surface area (Å²) in [5.41, 5.74) is 2.09. The molecule has 0 saturated heterocycles. The average molecular weight is 300 g/mol. The van der Waals surface area contributed by atoms with Crippen molar-refractivity contribution in [1.29, 1.82) is 0 Å². The minimum Gasteiger partial charge on any atom is -0.508 e. The van der Waals surface area contributed by atoms with Crippen LogP contribution in [0.25, 0.3) is 0 Å². The van der Waals surface area contributed by atoms with Crippen LogP contribution in [0.2, 0.25) is 0 Å². The van der Waals surface area contributed by atoms with Crippen molar-refractivity contribution in [2.75, 3.05) is 0 Å². The monoisotopic (exact) mass is 300 g/mol. The Labute approximate surface area is 134 Å². The van der Waals surface area contributed by atoms with Gasteiger partial charge in [0, 0.05) is 0 Å². The van der Waals surface area contributed by atoms with Crippen LogP contribution in [0.1, 0.15) is 57.1 Å². The standard InChI is InChI=1S/C11H16O.C9H12O/c1-2-3-4-7-10-8-5-6-9-11(10)12;1-7(2)8-5-3-4-6-9(8)10/h5-6,8-9,12H,2-4,7H2,1H3;3-7,10H,1-2H3. The van der Waals surface area contributed by atoms with Crippen molar-refractivity contribution in [2.45, 2.75) is 52.4 Å². The minimum absolute atomic E-state index is 0.400. The van der Waals surface area contributed by atoms with Crippen LogP contribution in [-0.2, 0) is 6.42 Å². The van der Waals surface area contributed by atoms with Crippen molar-refractivity contribution in [3.63, 3.8) is 0 Å². The second-order valence-corrected chi connectivity index (χ2v) is 5.80. The molecule has 0 aliphatic rings. The molecule has 0 aliphatic heterocycles. The van der Waals surface area contributed by atoms with E-state index in [2.05, 4.69) is 20.8 Å². The Bertz CT molecular complexity index is 547. The number of rotatable bonds is 5. The highest BCUT2D eigenvalue weighted by atomic mass is 16.3. The Morgan fingerprint density at radius 1 is 0.818 bits per heavy atom. The number of hydrogen-bond donors (Lipinski definition) is 2. The molecule has 0 aromatic heterocycles. The van der Waals surface area contributed by atoms with E-state index >= 15 is 0 Å². The van der Waals surface area contributed by atoms with E-state index in [1.54, 1.807) is 12.1 Å². The van der Waals surface area contributed by atoms with Crippen molar-refractivity contribution >= 4 is 0 Å². The Kier molecular flexibility index (Phi) is 8.13. The van der Waals surface area contributed by atoms with Gasteiger partial charge in [-0.15, -0.1) is 0 Å². The zero-order chi connectivity index (χ0) is 16.4. The molecule has 22 heavy (non-hydrogen) atoms. The van der Waals surface area contributed by atoms with Crippen LogP contribution < -0.4 is 0 Å². The zero-order valence-electron chi connectivity index (χ0n) is 13.9. The quantitative estimate of drug-likeness (QED) is 0.701. The molecule has 2 rings (SSSR count). The van der Waals surface area contributed by atoms with Crippen molar-refractivity contribution < 1.29 is 10.2 Å². The second-order valence-electron chi connectivity index (χ2n) is 5.80. The minimum atomic E-state index is 0.400. The Morgan fingerprint density at radius 3 is 1.91 bits per heavy atom. The number of unbranched alkanes of at least 4 members (excludes halogenated alkanes) is 2. The fourth-order valence-corrected chi connectivity index (χ4v) is 2.26. The first-order chi connectivity index (χ1) is 10.6. The summed E-state index contributed by atoms with van der Waals surface area (Å²) in [5, 5.41) is 18.7. The molecule has 0 fully saturated rings. The molecule has 0 heterocycles. The molecule has 120 valence electrons. The third-order valence-electron chi connectivity index (χ3n) is 3.60. The van der Waals surface area contributed by atoms with Crippen LogP contribution in [0.3, 0.4) is 0 Å². The lowest BCUT2D eigenvalue weighted by molar-refractivity contribution is 0.464. The molecule has 0 aliphatic carbocycles. The number of aryl methyl sites for hydroxylation is 1. The number of benzene rings is 2. The Morgan fingerprint density at radius 2 is 1.41 bits per heavy atom. The molecule has 2 heteroatoms. The van der Waals surface area contributed by atoms with Gasteiger partial charge in [0.25, 0.3) is 0 Å². The summed E-state index contributed by atoms with van der Waals surface area (Å²) in [7, 11) is 0. The largest absolute Gasteiger partial charge is 0.508 e. The van der Waals surface area contributed by atoms with Crippen LogP contribution in [0, 0.1) is 0 Å². The molecule has 0 amide bonds. The van der Waals surface area contributed by atoms with Crippen molar-refractivity contribution in [1.82, 2.24) is 0 Å². The topological polar surface area (TPSA) is 40.5 Å². The lowest BCUT2D eigenvalue weighted by Gasteiger charge is -2.05. The van der Waals surface area contributed by atoms with Gasteiger partial charge in [-0.25, -0.2) is 0 Å². The fraction of sp³-hybridized carbons (Fsp3) is 0.400. The van der Waals surface area contributed by atoms with Gasteiger partial charge in [0.05, 0.1) is 0 Å². The molecule has 0 radical (unpaired) electrons.